The number of nitrogens with zero attached hydrogens (tertiary/aromatic N) is 1. The van der Waals surface area contributed by atoms with Gasteiger partial charge in [0.05, 0.1) is 6.54 Å². The van der Waals surface area contributed by atoms with E-state index >= 15 is 0 Å². The standard InChI is InChI=1S/C10H18N2O4S/c1-6-4-12(5-7(2)17-6)10(16)11-3-8(13)9(14)15/h6-8,13H,3-5H2,1-2H3,(H,11,16)(H,14,15)/t6?,7?,8-/m0/s1. The predicted molar refractivity (Wildman–Crippen MR) is 65.1 cm³/mol. The first-order chi connectivity index (χ1) is 7.90. The summed E-state index contributed by atoms with van der Waals surface area (Å²) in [7, 11) is 0. The van der Waals surface area contributed by atoms with E-state index in [0.29, 0.717) is 23.6 Å². The lowest BCUT2D eigenvalue weighted by molar-refractivity contribution is -0.146. The number of hydrogen-bond acceptors (Lipinski definition) is 4. The van der Waals surface area contributed by atoms with Gasteiger partial charge in [0.25, 0.3) is 0 Å². The number of carbonyl (C=O) groups excluding carboxylic acids is 1. The fraction of sp³-hybridized carbons (Fsp3) is 0.800. The molecule has 2 unspecified atom stereocenters. The van der Waals surface area contributed by atoms with Crippen LogP contribution in [0.4, 0.5) is 4.79 Å². The van der Waals surface area contributed by atoms with Crippen LogP contribution < -0.4 is 5.32 Å². The lowest BCUT2D eigenvalue weighted by Gasteiger charge is -2.34. The van der Waals surface area contributed by atoms with Gasteiger partial charge in [-0.15, -0.1) is 0 Å². The number of aliphatic hydroxyl groups excluding tert-OH is 1. The highest BCUT2D eigenvalue weighted by Crippen LogP contribution is 2.24. The average Bonchev–Trinajstić information content (AvgIpc) is 2.23. The first kappa shape index (κ1) is 14.1. The summed E-state index contributed by atoms with van der Waals surface area (Å²) in [6, 6.07) is -0.315. The van der Waals surface area contributed by atoms with E-state index in [-0.39, 0.29) is 12.6 Å². The molecule has 0 aromatic carbocycles. The number of carbonyl (C=O) groups is 2. The number of amides is 2. The molecule has 1 fully saturated rings. The van der Waals surface area contributed by atoms with E-state index in [4.69, 9.17) is 10.2 Å². The molecule has 1 aliphatic heterocycles. The van der Waals surface area contributed by atoms with Gasteiger partial charge in [-0.2, -0.15) is 11.8 Å². The van der Waals surface area contributed by atoms with Crippen molar-refractivity contribution in [1.82, 2.24) is 10.2 Å². The summed E-state index contributed by atoms with van der Waals surface area (Å²) in [5, 5.41) is 20.7. The van der Waals surface area contributed by atoms with Gasteiger partial charge in [-0.3, -0.25) is 0 Å². The van der Waals surface area contributed by atoms with Gasteiger partial charge in [-0.05, 0) is 0 Å². The number of aliphatic carboxylic acids is 1. The summed E-state index contributed by atoms with van der Waals surface area (Å²) < 4.78 is 0. The highest BCUT2D eigenvalue weighted by Gasteiger charge is 2.26. The van der Waals surface area contributed by atoms with Crippen molar-refractivity contribution in [3.63, 3.8) is 0 Å². The molecule has 3 N–H and O–H groups in total. The number of urea groups is 1. The third-order valence-electron chi connectivity index (χ3n) is 2.44. The van der Waals surface area contributed by atoms with Crippen LogP contribution >= 0.6 is 11.8 Å². The van der Waals surface area contributed by atoms with Gasteiger partial charge < -0.3 is 20.4 Å². The largest absolute Gasteiger partial charge is 0.479 e. The van der Waals surface area contributed by atoms with Crippen LogP contribution in [0.5, 0.6) is 0 Å². The topological polar surface area (TPSA) is 89.9 Å². The van der Waals surface area contributed by atoms with Crippen LogP contribution in [-0.4, -0.2) is 63.4 Å². The molecule has 7 heteroatoms. The quantitative estimate of drug-likeness (QED) is 0.664. The molecule has 0 spiro atoms. The van der Waals surface area contributed by atoms with E-state index in [1.807, 2.05) is 25.6 Å². The van der Waals surface area contributed by atoms with Crippen molar-refractivity contribution < 1.29 is 19.8 Å². The molecule has 17 heavy (non-hydrogen) atoms. The Balaban J connectivity index is 2.39. The number of thioether (sulfide) groups is 1. The smallest absolute Gasteiger partial charge is 0.334 e. The maximum absolute atomic E-state index is 11.7. The summed E-state index contributed by atoms with van der Waals surface area (Å²) >= 11 is 1.83. The molecule has 6 nitrogen and oxygen atoms in total. The predicted octanol–water partition coefficient (Wildman–Crippen LogP) is -0.0327. The van der Waals surface area contributed by atoms with Crippen molar-refractivity contribution in [2.45, 2.75) is 30.5 Å². The third-order valence-corrected chi connectivity index (χ3v) is 3.67. The number of carboxylic acids is 1. The maximum Gasteiger partial charge on any atom is 0.334 e. The molecule has 0 aliphatic carbocycles. The van der Waals surface area contributed by atoms with E-state index in [9.17, 15) is 9.59 Å². The summed E-state index contributed by atoms with van der Waals surface area (Å²) in [5.41, 5.74) is 0. The molecule has 0 saturated carbocycles. The van der Waals surface area contributed by atoms with Gasteiger partial charge in [-0.25, -0.2) is 9.59 Å². The Morgan fingerprint density at radius 1 is 1.41 bits per heavy atom. The molecule has 2 amide bonds. The molecule has 0 radical (unpaired) electrons. The first-order valence-corrected chi connectivity index (χ1v) is 6.43. The van der Waals surface area contributed by atoms with Crippen molar-refractivity contribution in [2.24, 2.45) is 0 Å². The first-order valence-electron chi connectivity index (χ1n) is 5.49. The van der Waals surface area contributed by atoms with Crippen molar-refractivity contribution in [3.05, 3.63) is 0 Å². The fourth-order valence-corrected chi connectivity index (χ4v) is 3.05. The van der Waals surface area contributed by atoms with E-state index in [0.717, 1.165) is 0 Å². The van der Waals surface area contributed by atoms with Crippen molar-refractivity contribution >= 4 is 23.8 Å². The van der Waals surface area contributed by atoms with Crippen molar-refractivity contribution in [2.75, 3.05) is 19.6 Å². The Morgan fingerprint density at radius 2 is 1.94 bits per heavy atom. The van der Waals surface area contributed by atoms with Crippen LogP contribution in [-0.2, 0) is 4.79 Å². The van der Waals surface area contributed by atoms with Gasteiger partial charge in [0, 0.05) is 23.6 Å². The second kappa shape index (κ2) is 6.11. The van der Waals surface area contributed by atoms with Crippen LogP contribution in [0.15, 0.2) is 0 Å². The SMILES string of the molecule is CC1CN(C(=O)NC[C@H](O)C(=O)O)CC(C)S1. The Labute approximate surface area is 104 Å². The normalized spacial score (nSPS) is 26.4. The fourth-order valence-electron chi connectivity index (χ4n) is 1.73. The van der Waals surface area contributed by atoms with Crippen LogP contribution in [0, 0.1) is 0 Å². The second-order valence-corrected chi connectivity index (χ2v) is 6.08. The monoisotopic (exact) mass is 262 g/mol. The highest BCUT2D eigenvalue weighted by atomic mass is 32.2. The Hall–Kier alpha value is -0.950. The molecular weight excluding hydrogens is 244 g/mol. The lowest BCUT2D eigenvalue weighted by atomic mass is 10.3. The van der Waals surface area contributed by atoms with Crippen LogP contribution in [0.1, 0.15) is 13.8 Å². The average molecular weight is 262 g/mol. The molecule has 1 aliphatic rings. The van der Waals surface area contributed by atoms with Gasteiger partial charge in [0.15, 0.2) is 6.10 Å². The zero-order valence-electron chi connectivity index (χ0n) is 9.92. The van der Waals surface area contributed by atoms with E-state index in [1.54, 1.807) is 4.90 Å². The summed E-state index contributed by atoms with van der Waals surface area (Å²) in [5.74, 6) is -1.33. The number of rotatable bonds is 3. The van der Waals surface area contributed by atoms with Gasteiger partial charge in [0.2, 0.25) is 0 Å². The van der Waals surface area contributed by atoms with Gasteiger partial charge >= 0.3 is 12.0 Å². The molecular formula is C10H18N2O4S. The van der Waals surface area contributed by atoms with E-state index < -0.39 is 12.1 Å². The lowest BCUT2D eigenvalue weighted by Crippen LogP contribution is -2.50. The summed E-state index contributed by atoms with van der Waals surface area (Å²) in [6.45, 7) is 5.12. The molecule has 98 valence electrons. The molecule has 1 rings (SSSR count). The highest BCUT2D eigenvalue weighted by molar-refractivity contribution is 8.00. The van der Waals surface area contributed by atoms with Crippen LogP contribution in [0.25, 0.3) is 0 Å². The van der Waals surface area contributed by atoms with Crippen LogP contribution in [0.3, 0.4) is 0 Å². The number of hydrogen-bond donors (Lipinski definition) is 3. The van der Waals surface area contributed by atoms with Crippen molar-refractivity contribution in [3.8, 4) is 0 Å². The van der Waals surface area contributed by atoms with Gasteiger partial charge in [0.1, 0.15) is 0 Å². The van der Waals surface area contributed by atoms with Crippen molar-refractivity contribution in [1.29, 1.82) is 0 Å². The molecule has 1 saturated heterocycles. The summed E-state index contributed by atoms with van der Waals surface area (Å²) in [4.78, 5) is 23.7. The molecule has 3 atom stereocenters. The minimum Gasteiger partial charge on any atom is -0.479 e. The number of aliphatic hydroxyl groups is 1. The molecule has 0 bridgehead atoms. The van der Waals surface area contributed by atoms with E-state index in [2.05, 4.69) is 5.32 Å². The zero-order valence-corrected chi connectivity index (χ0v) is 10.7. The Morgan fingerprint density at radius 3 is 2.41 bits per heavy atom. The molecule has 0 aromatic rings. The minimum absolute atomic E-state index is 0.263. The maximum atomic E-state index is 11.7. The third kappa shape index (κ3) is 4.43. The summed E-state index contributed by atoms with van der Waals surface area (Å²) in [6.07, 6.45) is -1.55. The molecule has 0 aromatic heterocycles. The van der Waals surface area contributed by atoms with Gasteiger partial charge in [-0.1, -0.05) is 13.8 Å². The number of nitrogens with one attached hydrogen (secondary N) is 1. The zero-order chi connectivity index (χ0) is 13.0. The Kier molecular flexibility index (Phi) is 5.07. The minimum atomic E-state index is -1.55. The number of carboxylic acid groups (broad SMARTS) is 1. The Bertz CT molecular complexity index is 290. The second-order valence-electron chi connectivity index (χ2n) is 4.20. The van der Waals surface area contributed by atoms with Crippen LogP contribution in [0.2, 0.25) is 0 Å². The van der Waals surface area contributed by atoms with E-state index in [1.165, 1.54) is 0 Å². The molecule has 1 heterocycles.